The molecule has 24 heavy (non-hydrogen) atoms. The fraction of sp³-hybridized carbons (Fsp3) is 0.222. The second-order valence-electron chi connectivity index (χ2n) is 5.34. The lowest BCUT2D eigenvalue weighted by Gasteiger charge is -2.09. The van der Waals surface area contributed by atoms with Crippen LogP contribution in [0.15, 0.2) is 48.5 Å². The number of nitrogens with one attached hydrogen (secondary N) is 2. The van der Waals surface area contributed by atoms with Gasteiger partial charge in [0.05, 0.1) is 6.61 Å². The minimum atomic E-state index is -0.646. The van der Waals surface area contributed by atoms with Gasteiger partial charge < -0.3 is 21.1 Å². The molecule has 0 saturated carbocycles. The van der Waals surface area contributed by atoms with E-state index in [0.717, 1.165) is 11.3 Å². The summed E-state index contributed by atoms with van der Waals surface area (Å²) < 4.78 is 5.66. The van der Waals surface area contributed by atoms with Crippen molar-refractivity contribution >= 4 is 23.3 Å². The zero-order chi connectivity index (χ0) is 17.4. The predicted molar refractivity (Wildman–Crippen MR) is 94.2 cm³/mol. The second-order valence-corrected chi connectivity index (χ2v) is 5.34. The van der Waals surface area contributed by atoms with Gasteiger partial charge in [0, 0.05) is 17.8 Å². The van der Waals surface area contributed by atoms with Gasteiger partial charge in [-0.1, -0.05) is 24.3 Å². The van der Waals surface area contributed by atoms with Crippen molar-refractivity contribution < 1.29 is 14.3 Å². The average Bonchev–Trinajstić information content (AvgIpc) is 2.53. The summed E-state index contributed by atoms with van der Waals surface area (Å²) in [6.07, 6.45) is 0.957. The molecule has 0 bridgehead atoms. The number of amides is 3. The number of ether oxygens (including phenoxy) is 1. The normalized spacial score (nSPS) is 10.0. The Hall–Kier alpha value is -3.02. The molecule has 0 aromatic heterocycles. The van der Waals surface area contributed by atoms with Crippen LogP contribution >= 0.6 is 0 Å². The van der Waals surface area contributed by atoms with Crippen molar-refractivity contribution in [3.63, 3.8) is 0 Å². The van der Waals surface area contributed by atoms with E-state index in [9.17, 15) is 9.59 Å². The van der Waals surface area contributed by atoms with Crippen molar-refractivity contribution in [3.05, 3.63) is 54.1 Å². The Morgan fingerprint density at radius 2 is 1.75 bits per heavy atom. The van der Waals surface area contributed by atoms with E-state index in [1.807, 2.05) is 31.2 Å². The third-order valence-electron chi connectivity index (χ3n) is 3.31. The molecule has 2 aromatic carbocycles. The van der Waals surface area contributed by atoms with Gasteiger partial charge >= 0.3 is 6.03 Å². The maximum absolute atomic E-state index is 11.9. The van der Waals surface area contributed by atoms with Gasteiger partial charge in [-0.3, -0.25) is 4.79 Å². The number of urea groups is 1. The zero-order valence-electron chi connectivity index (χ0n) is 13.5. The summed E-state index contributed by atoms with van der Waals surface area (Å²) in [5.41, 5.74) is 7.27. The SMILES string of the molecule is Cc1ccccc1OCCCC(=O)Nc1cccc(NC(N)=O)c1. The van der Waals surface area contributed by atoms with Crippen LogP contribution in [0.2, 0.25) is 0 Å². The number of carbonyl (C=O) groups excluding carboxylic acids is 2. The lowest BCUT2D eigenvalue weighted by atomic mass is 10.2. The van der Waals surface area contributed by atoms with Crippen molar-refractivity contribution in [2.75, 3.05) is 17.2 Å². The first-order valence-electron chi connectivity index (χ1n) is 7.69. The average molecular weight is 327 g/mol. The molecular formula is C18H21N3O3. The third kappa shape index (κ3) is 5.64. The Kier molecular flexibility index (Phi) is 6.19. The second kappa shape index (κ2) is 8.57. The van der Waals surface area contributed by atoms with Crippen molar-refractivity contribution in [2.24, 2.45) is 5.73 Å². The van der Waals surface area contributed by atoms with Crippen molar-refractivity contribution in [1.82, 2.24) is 0 Å². The molecule has 0 saturated heterocycles. The molecule has 0 aliphatic heterocycles. The molecule has 126 valence electrons. The summed E-state index contributed by atoms with van der Waals surface area (Å²) >= 11 is 0. The molecule has 2 rings (SSSR count). The van der Waals surface area contributed by atoms with Gasteiger partial charge in [0.2, 0.25) is 5.91 Å². The van der Waals surface area contributed by atoms with Crippen LogP contribution in [-0.4, -0.2) is 18.5 Å². The minimum absolute atomic E-state index is 0.111. The van der Waals surface area contributed by atoms with Gasteiger partial charge in [0.25, 0.3) is 0 Å². The molecule has 0 heterocycles. The summed E-state index contributed by atoms with van der Waals surface area (Å²) in [6, 6.07) is 13.9. The Labute approximate surface area is 141 Å². The molecule has 6 nitrogen and oxygen atoms in total. The summed E-state index contributed by atoms with van der Waals surface area (Å²) in [5.74, 6) is 0.725. The molecule has 0 fully saturated rings. The fourth-order valence-corrected chi connectivity index (χ4v) is 2.17. The lowest BCUT2D eigenvalue weighted by molar-refractivity contribution is -0.116. The first-order chi connectivity index (χ1) is 11.5. The van der Waals surface area contributed by atoms with E-state index in [1.165, 1.54) is 0 Å². The maximum Gasteiger partial charge on any atom is 0.316 e. The molecule has 2 aromatic rings. The van der Waals surface area contributed by atoms with Crippen LogP contribution in [0.25, 0.3) is 0 Å². The molecule has 0 aliphatic carbocycles. The van der Waals surface area contributed by atoms with Gasteiger partial charge in [-0.25, -0.2) is 4.79 Å². The summed E-state index contributed by atoms with van der Waals surface area (Å²) in [7, 11) is 0. The Morgan fingerprint density at radius 3 is 2.46 bits per heavy atom. The zero-order valence-corrected chi connectivity index (χ0v) is 13.5. The van der Waals surface area contributed by atoms with Crippen LogP contribution in [0.3, 0.4) is 0 Å². The number of aryl methyl sites for hydroxylation is 1. The molecule has 3 amide bonds. The van der Waals surface area contributed by atoms with E-state index in [2.05, 4.69) is 10.6 Å². The Balaban J connectivity index is 1.75. The molecule has 0 aliphatic rings. The van der Waals surface area contributed by atoms with Gasteiger partial charge in [0.1, 0.15) is 5.75 Å². The highest BCUT2D eigenvalue weighted by atomic mass is 16.5. The number of benzene rings is 2. The first kappa shape index (κ1) is 17.3. The van der Waals surface area contributed by atoms with Crippen LogP contribution < -0.4 is 21.1 Å². The standard InChI is InChI=1S/C18H21N3O3/c1-13-6-2-3-9-16(13)24-11-5-10-17(22)20-14-7-4-8-15(12-14)21-18(19)23/h2-4,6-9,12H,5,10-11H2,1H3,(H,20,22)(H3,19,21,23). The summed E-state index contributed by atoms with van der Waals surface area (Å²) in [4.78, 5) is 22.8. The third-order valence-corrected chi connectivity index (χ3v) is 3.31. The number of hydrogen-bond acceptors (Lipinski definition) is 3. The molecule has 0 spiro atoms. The van der Waals surface area contributed by atoms with Gasteiger partial charge in [-0.15, -0.1) is 0 Å². The molecule has 6 heteroatoms. The lowest BCUT2D eigenvalue weighted by Crippen LogP contribution is -2.19. The molecular weight excluding hydrogens is 306 g/mol. The van der Waals surface area contributed by atoms with Crippen molar-refractivity contribution in [3.8, 4) is 5.75 Å². The van der Waals surface area contributed by atoms with Crippen LogP contribution in [-0.2, 0) is 4.79 Å². The van der Waals surface area contributed by atoms with E-state index >= 15 is 0 Å². The van der Waals surface area contributed by atoms with Crippen LogP contribution in [0, 0.1) is 6.92 Å². The monoisotopic (exact) mass is 327 g/mol. The van der Waals surface area contributed by atoms with Crippen LogP contribution in [0.1, 0.15) is 18.4 Å². The van der Waals surface area contributed by atoms with Crippen molar-refractivity contribution in [2.45, 2.75) is 19.8 Å². The van der Waals surface area contributed by atoms with Crippen LogP contribution in [0.5, 0.6) is 5.75 Å². The Bertz CT molecular complexity index is 716. The van der Waals surface area contributed by atoms with E-state index in [1.54, 1.807) is 24.3 Å². The van der Waals surface area contributed by atoms with Crippen molar-refractivity contribution in [1.29, 1.82) is 0 Å². The van der Waals surface area contributed by atoms with Gasteiger partial charge in [0.15, 0.2) is 0 Å². The molecule has 0 atom stereocenters. The molecule has 0 unspecified atom stereocenters. The first-order valence-corrected chi connectivity index (χ1v) is 7.69. The maximum atomic E-state index is 11.9. The predicted octanol–water partition coefficient (Wildman–Crippen LogP) is 3.28. The number of hydrogen-bond donors (Lipinski definition) is 3. The summed E-state index contributed by atoms with van der Waals surface area (Å²) in [6.45, 7) is 2.46. The topological polar surface area (TPSA) is 93.4 Å². The number of rotatable bonds is 7. The minimum Gasteiger partial charge on any atom is -0.493 e. The Morgan fingerprint density at radius 1 is 1.04 bits per heavy atom. The number of para-hydroxylation sites is 1. The van der Waals surface area contributed by atoms with E-state index in [0.29, 0.717) is 30.8 Å². The molecule has 4 N–H and O–H groups in total. The van der Waals surface area contributed by atoms with Crippen LogP contribution in [0.4, 0.5) is 16.2 Å². The highest BCUT2D eigenvalue weighted by Crippen LogP contribution is 2.17. The summed E-state index contributed by atoms with van der Waals surface area (Å²) in [5, 5.41) is 5.24. The smallest absolute Gasteiger partial charge is 0.316 e. The van der Waals surface area contributed by atoms with E-state index in [4.69, 9.17) is 10.5 Å². The van der Waals surface area contributed by atoms with Gasteiger partial charge in [-0.2, -0.15) is 0 Å². The van der Waals surface area contributed by atoms with E-state index in [-0.39, 0.29) is 5.91 Å². The number of nitrogens with two attached hydrogens (primary N) is 1. The quantitative estimate of drug-likeness (QED) is 0.681. The fourth-order valence-electron chi connectivity index (χ4n) is 2.17. The number of carbonyl (C=O) groups is 2. The van der Waals surface area contributed by atoms with E-state index < -0.39 is 6.03 Å². The highest BCUT2D eigenvalue weighted by Gasteiger charge is 2.05. The largest absolute Gasteiger partial charge is 0.493 e. The van der Waals surface area contributed by atoms with Gasteiger partial charge in [-0.05, 0) is 43.2 Å². The highest BCUT2D eigenvalue weighted by molar-refractivity contribution is 5.93. The number of anilines is 2. The number of primary amides is 1. The molecule has 0 radical (unpaired) electrons.